The fourth-order valence-corrected chi connectivity index (χ4v) is 11.7. The molecule has 2 rings (SSSR count). The van der Waals surface area contributed by atoms with E-state index >= 15 is 0 Å². The minimum atomic E-state index is -1.50. The molecule has 0 saturated heterocycles. The quantitative estimate of drug-likeness (QED) is 0.462. The summed E-state index contributed by atoms with van der Waals surface area (Å²) in [6.07, 6.45) is 10.4. The second-order valence-corrected chi connectivity index (χ2v) is 18.1. The predicted octanol–water partition coefficient (Wildman–Crippen LogP) is -0.880. The van der Waals surface area contributed by atoms with Gasteiger partial charge in [-0.3, -0.25) is 0 Å². The maximum atomic E-state index is 6.47. The summed E-state index contributed by atoms with van der Waals surface area (Å²) in [5, 5.41) is 1.80. The van der Waals surface area contributed by atoms with Crippen molar-refractivity contribution in [3.63, 3.8) is 0 Å². The summed E-state index contributed by atoms with van der Waals surface area (Å²) < 4.78 is 10.0. The van der Waals surface area contributed by atoms with Crippen molar-refractivity contribution in [3.8, 4) is 0 Å². The summed E-state index contributed by atoms with van der Waals surface area (Å²) in [6.45, 7) is 14.2. The normalized spacial score (nSPS) is 17.1. The van der Waals surface area contributed by atoms with Crippen molar-refractivity contribution in [1.82, 2.24) is 0 Å². The Balaban J connectivity index is 0.00000242. The topological polar surface area (TPSA) is 9.23 Å². The molecule has 0 aromatic carbocycles. The molecule has 0 fully saturated rings. The maximum Gasteiger partial charge on any atom is -1.00 e. The molecule has 0 N–H and O–H groups in total. The van der Waals surface area contributed by atoms with E-state index in [1.54, 1.807) is 14.1 Å². The molecule has 23 heavy (non-hydrogen) atoms. The van der Waals surface area contributed by atoms with Crippen LogP contribution in [0.1, 0.15) is 26.2 Å². The standard InChI is InChI=1S/C12H23OSi2.C5H5.2ClH.Zr/c1-7-10-11(13-15(4,5)6)8-9-12(10)14(2)3;1-2-4-5-3-1;;;/h14H,7-8H2,1-6H3;1-3H,4H2;2*1H;/q;;;;+2/p-2. The SMILES string of the molecule is CCC1=C(O[Si](C)(C)C)C[C]([Zr+2][C]2=CC=CC2)=C1[SiH](C)C.[Cl-].[Cl-]. The predicted molar refractivity (Wildman–Crippen MR) is 94.1 cm³/mol. The van der Waals surface area contributed by atoms with Gasteiger partial charge in [-0.1, -0.05) is 0 Å². The molecule has 0 spiro atoms. The minimum Gasteiger partial charge on any atom is -1.00 e. The van der Waals surface area contributed by atoms with Gasteiger partial charge in [0.05, 0.1) is 0 Å². The van der Waals surface area contributed by atoms with Crippen LogP contribution in [0.4, 0.5) is 0 Å². The molecule has 0 saturated carbocycles. The summed E-state index contributed by atoms with van der Waals surface area (Å²) >= 11 is -0.561. The van der Waals surface area contributed by atoms with Gasteiger partial charge >= 0.3 is 145 Å². The van der Waals surface area contributed by atoms with Crippen LogP contribution in [0.3, 0.4) is 0 Å². The van der Waals surface area contributed by atoms with Crippen molar-refractivity contribution < 1.29 is 52.5 Å². The van der Waals surface area contributed by atoms with E-state index in [1.165, 1.54) is 12.2 Å². The second kappa shape index (κ2) is 9.96. The van der Waals surface area contributed by atoms with Gasteiger partial charge in [-0.2, -0.15) is 0 Å². The molecule has 0 heterocycles. The minimum absolute atomic E-state index is 0. The van der Waals surface area contributed by atoms with Gasteiger partial charge < -0.3 is 24.8 Å². The maximum absolute atomic E-state index is 6.47. The van der Waals surface area contributed by atoms with Crippen molar-refractivity contribution in [2.24, 2.45) is 0 Å². The van der Waals surface area contributed by atoms with E-state index in [0.29, 0.717) is 0 Å². The van der Waals surface area contributed by atoms with E-state index < -0.39 is 40.3 Å². The number of rotatable bonds is 6. The molecule has 0 atom stereocenters. The van der Waals surface area contributed by atoms with Crippen molar-refractivity contribution in [2.75, 3.05) is 0 Å². The Morgan fingerprint density at radius 1 is 1.22 bits per heavy atom. The Morgan fingerprint density at radius 3 is 2.30 bits per heavy atom. The Hall–Kier alpha value is 0.657. The summed E-state index contributed by atoms with van der Waals surface area (Å²) in [5.74, 6) is 1.36. The molecule has 2 aliphatic rings. The summed E-state index contributed by atoms with van der Waals surface area (Å²) in [7, 11) is -2.27. The van der Waals surface area contributed by atoms with Crippen LogP contribution in [0.2, 0.25) is 32.7 Å². The van der Waals surface area contributed by atoms with Crippen molar-refractivity contribution in [3.05, 3.63) is 41.3 Å². The fourth-order valence-electron chi connectivity index (χ4n) is 3.09. The van der Waals surface area contributed by atoms with Crippen LogP contribution in [-0.4, -0.2) is 17.1 Å². The zero-order chi connectivity index (χ0) is 15.6. The van der Waals surface area contributed by atoms with Crippen molar-refractivity contribution >= 4 is 17.1 Å². The molecule has 0 aromatic heterocycles. The first-order valence-electron chi connectivity index (χ1n) is 8.09. The van der Waals surface area contributed by atoms with E-state index in [9.17, 15) is 0 Å². The zero-order valence-electron chi connectivity index (χ0n) is 15.1. The molecule has 128 valence electrons. The third kappa shape index (κ3) is 6.47. The van der Waals surface area contributed by atoms with Gasteiger partial charge in [-0.15, -0.1) is 0 Å². The molecule has 0 bridgehead atoms. The van der Waals surface area contributed by atoms with Crippen LogP contribution in [0.15, 0.2) is 41.3 Å². The number of hydrogen-bond acceptors (Lipinski definition) is 1. The second-order valence-electron chi connectivity index (χ2n) is 7.14. The van der Waals surface area contributed by atoms with Gasteiger partial charge in [0.15, 0.2) is 0 Å². The van der Waals surface area contributed by atoms with Crippen molar-refractivity contribution in [2.45, 2.75) is 58.9 Å². The summed E-state index contributed by atoms with van der Waals surface area (Å²) in [5.41, 5.74) is 1.60. The van der Waals surface area contributed by atoms with Gasteiger partial charge in [0, 0.05) is 0 Å². The molecular weight excluding hydrogens is 438 g/mol. The molecule has 2 aliphatic carbocycles. The van der Waals surface area contributed by atoms with E-state index in [-0.39, 0.29) is 24.8 Å². The molecular formula is C17H28Cl2OSi2Zr. The Morgan fingerprint density at radius 2 is 1.87 bits per heavy atom. The Kier molecular flexibility index (Phi) is 10.2. The van der Waals surface area contributed by atoms with Crippen LogP contribution >= 0.6 is 0 Å². The van der Waals surface area contributed by atoms with E-state index in [1.807, 2.05) is 3.28 Å². The van der Waals surface area contributed by atoms with Gasteiger partial charge in [0.25, 0.3) is 0 Å². The van der Waals surface area contributed by atoms with Crippen molar-refractivity contribution in [1.29, 1.82) is 0 Å². The molecule has 6 heteroatoms. The van der Waals surface area contributed by atoms with Gasteiger partial charge in [-0.05, 0) is 0 Å². The van der Waals surface area contributed by atoms with Crippen LogP contribution in [0.5, 0.6) is 0 Å². The third-order valence-corrected chi connectivity index (χ3v) is 10.7. The van der Waals surface area contributed by atoms with Crippen LogP contribution in [0, 0.1) is 0 Å². The average molecular weight is 467 g/mol. The molecule has 0 amide bonds. The Labute approximate surface area is 168 Å². The summed E-state index contributed by atoms with van der Waals surface area (Å²) in [6, 6.07) is 0. The largest absolute Gasteiger partial charge is 1.00 e. The van der Waals surface area contributed by atoms with Crippen LogP contribution in [0.25, 0.3) is 0 Å². The Bertz CT molecular complexity index is 543. The summed E-state index contributed by atoms with van der Waals surface area (Å²) in [4.78, 5) is 0. The first-order chi connectivity index (χ1) is 9.81. The first-order valence-corrected chi connectivity index (χ1v) is 16.8. The molecule has 0 unspecified atom stereocenters. The molecule has 1 nitrogen and oxygen atoms in total. The molecule has 0 aromatic rings. The van der Waals surface area contributed by atoms with Crippen LogP contribution in [-0.2, 0) is 27.7 Å². The number of hydrogen-bond donors (Lipinski definition) is 0. The molecule has 0 aliphatic heterocycles. The van der Waals surface area contributed by atoms with Crippen LogP contribution < -0.4 is 24.8 Å². The fraction of sp³-hybridized carbons (Fsp3) is 0.529. The average Bonchev–Trinajstić information content (AvgIpc) is 2.95. The monoisotopic (exact) mass is 464 g/mol. The van der Waals surface area contributed by atoms with Gasteiger partial charge in [-0.25, -0.2) is 0 Å². The van der Waals surface area contributed by atoms with E-state index in [0.717, 1.165) is 12.8 Å². The zero-order valence-corrected chi connectivity index (χ0v) is 21.2. The third-order valence-electron chi connectivity index (χ3n) is 3.77. The van der Waals surface area contributed by atoms with Gasteiger partial charge in [0.1, 0.15) is 0 Å². The number of allylic oxidation sites excluding steroid dienone is 7. The van der Waals surface area contributed by atoms with E-state index in [2.05, 4.69) is 57.9 Å². The van der Waals surface area contributed by atoms with Gasteiger partial charge in [0.2, 0.25) is 0 Å². The van der Waals surface area contributed by atoms with E-state index in [4.69, 9.17) is 4.43 Å². The molecule has 0 radical (unpaired) electrons. The number of halogens is 2. The first kappa shape index (κ1) is 23.7. The smallest absolute Gasteiger partial charge is 1.00 e.